The number of nitrogens with one attached hydrogen (secondary N) is 1. The number of thiophene rings is 1. The van der Waals surface area contributed by atoms with E-state index in [0.29, 0.717) is 6.04 Å². The van der Waals surface area contributed by atoms with Crippen LogP contribution < -0.4 is 5.32 Å². The Bertz CT molecular complexity index is 323. The second-order valence-electron chi connectivity index (χ2n) is 5.30. The molecule has 0 amide bonds. The third kappa shape index (κ3) is 3.32. The SMILES string of the molecule is CNC(c1ccsc1C)C1CCCCCCC1. The molecule has 0 aliphatic heterocycles. The van der Waals surface area contributed by atoms with E-state index in [-0.39, 0.29) is 0 Å². The summed E-state index contributed by atoms with van der Waals surface area (Å²) in [4.78, 5) is 1.49. The highest BCUT2D eigenvalue weighted by Gasteiger charge is 2.23. The third-order valence-corrected chi connectivity index (χ3v) is 5.03. The summed E-state index contributed by atoms with van der Waals surface area (Å²) in [6.45, 7) is 2.26. The van der Waals surface area contributed by atoms with Crippen LogP contribution in [0.25, 0.3) is 0 Å². The first kappa shape index (κ1) is 13.1. The predicted octanol–water partition coefficient (Wildman–Crippen LogP) is 4.68. The molecule has 0 bridgehead atoms. The van der Waals surface area contributed by atoms with Crippen molar-refractivity contribution in [3.8, 4) is 0 Å². The highest BCUT2D eigenvalue weighted by Crippen LogP contribution is 2.35. The van der Waals surface area contributed by atoms with Crippen molar-refractivity contribution in [1.82, 2.24) is 5.32 Å². The Labute approximate surface area is 110 Å². The summed E-state index contributed by atoms with van der Waals surface area (Å²) in [5.41, 5.74) is 1.54. The van der Waals surface area contributed by atoms with Gasteiger partial charge in [0.05, 0.1) is 0 Å². The van der Waals surface area contributed by atoms with E-state index in [2.05, 4.69) is 30.7 Å². The molecule has 2 heteroatoms. The van der Waals surface area contributed by atoms with Gasteiger partial charge in [0.15, 0.2) is 0 Å². The molecule has 1 aliphatic rings. The van der Waals surface area contributed by atoms with Crippen LogP contribution in [0.3, 0.4) is 0 Å². The summed E-state index contributed by atoms with van der Waals surface area (Å²) in [6, 6.07) is 2.90. The molecule has 1 aromatic heterocycles. The number of hydrogen-bond acceptors (Lipinski definition) is 2. The van der Waals surface area contributed by atoms with Crippen LogP contribution in [-0.2, 0) is 0 Å². The van der Waals surface area contributed by atoms with Crippen LogP contribution in [0.5, 0.6) is 0 Å². The van der Waals surface area contributed by atoms with Crippen molar-refractivity contribution in [2.45, 2.75) is 57.9 Å². The molecule has 0 aromatic carbocycles. The van der Waals surface area contributed by atoms with Crippen molar-refractivity contribution in [1.29, 1.82) is 0 Å². The molecule has 1 unspecified atom stereocenters. The molecule has 0 radical (unpaired) electrons. The van der Waals surface area contributed by atoms with E-state index < -0.39 is 0 Å². The van der Waals surface area contributed by atoms with Crippen molar-refractivity contribution in [2.24, 2.45) is 5.92 Å². The lowest BCUT2D eigenvalue weighted by Crippen LogP contribution is -2.26. The smallest absolute Gasteiger partial charge is 0.0357 e. The first-order valence-electron chi connectivity index (χ1n) is 7.04. The van der Waals surface area contributed by atoms with Gasteiger partial charge in [-0.25, -0.2) is 0 Å². The Balaban J connectivity index is 2.08. The van der Waals surface area contributed by atoms with Crippen LogP contribution in [0.1, 0.15) is 61.4 Å². The maximum Gasteiger partial charge on any atom is 0.0357 e. The Morgan fingerprint density at radius 2 is 1.82 bits per heavy atom. The highest BCUT2D eigenvalue weighted by atomic mass is 32.1. The molecular formula is C15H25NS. The lowest BCUT2D eigenvalue weighted by molar-refractivity contribution is 0.299. The van der Waals surface area contributed by atoms with E-state index in [4.69, 9.17) is 0 Å². The van der Waals surface area contributed by atoms with E-state index in [1.54, 1.807) is 5.56 Å². The molecule has 1 N–H and O–H groups in total. The fraction of sp³-hybridized carbons (Fsp3) is 0.733. The normalized spacial score (nSPS) is 20.8. The molecule has 1 aromatic rings. The fourth-order valence-corrected chi connectivity index (χ4v) is 3.93. The summed E-state index contributed by atoms with van der Waals surface area (Å²) >= 11 is 1.88. The summed E-state index contributed by atoms with van der Waals surface area (Å²) < 4.78 is 0. The van der Waals surface area contributed by atoms with Crippen molar-refractivity contribution < 1.29 is 0 Å². The molecule has 1 fully saturated rings. The molecule has 96 valence electrons. The summed E-state index contributed by atoms with van der Waals surface area (Å²) in [7, 11) is 2.13. The lowest BCUT2D eigenvalue weighted by atomic mass is 9.83. The zero-order chi connectivity index (χ0) is 12.1. The Kier molecular flexibility index (Phi) is 5.05. The quantitative estimate of drug-likeness (QED) is 0.822. The Hall–Kier alpha value is -0.340. The van der Waals surface area contributed by atoms with E-state index >= 15 is 0 Å². The molecule has 1 heterocycles. The van der Waals surface area contributed by atoms with Gasteiger partial charge in [0, 0.05) is 10.9 Å². The number of rotatable bonds is 3. The van der Waals surface area contributed by atoms with Crippen molar-refractivity contribution in [2.75, 3.05) is 7.05 Å². The zero-order valence-corrected chi connectivity index (χ0v) is 12.0. The zero-order valence-electron chi connectivity index (χ0n) is 11.2. The minimum Gasteiger partial charge on any atom is -0.313 e. The van der Waals surface area contributed by atoms with Gasteiger partial charge in [-0.15, -0.1) is 11.3 Å². The van der Waals surface area contributed by atoms with Crippen LogP contribution in [0.15, 0.2) is 11.4 Å². The van der Waals surface area contributed by atoms with Crippen LogP contribution in [0.4, 0.5) is 0 Å². The molecular weight excluding hydrogens is 226 g/mol. The maximum atomic E-state index is 3.57. The summed E-state index contributed by atoms with van der Waals surface area (Å²) in [6.07, 6.45) is 9.99. The minimum absolute atomic E-state index is 0.583. The first-order valence-corrected chi connectivity index (χ1v) is 7.92. The fourth-order valence-electron chi connectivity index (χ4n) is 3.18. The van der Waals surface area contributed by atoms with Gasteiger partial charge in [0.25, 0.3) is 0 Å². The molecule has 1 saturated carbocycles. The van der Waals surface area contributed by atoms with Gasteiger partial charge in [-0.1, -0.05) is 32.1 Å². The van der Waals surface area contributed by atoms with Gasteiger partial charge in [-0.2, -0.15) is 0 Å². The average Bonchev–Trinajstić information content (AvgIpc) is 2.69. The lowest BCUT2D eigenvalue weighted by Gasteiger charge is -2.28. The summed E-state index contributed by atoms with van der Waals surface area (Å²) in [5.74, 6) is 0.841. The van der Waals surface area contributed by atoms with Crippen molar-refractivity contribution in [3.63, 3.8) is 0 Å². The van der Waals surface area contributed by atoms with Crippen LogP contribution in [-0.4, -0.2) is 7.05 Å². The molecule has 2 rings (SSSR count). The predicted molar refractivity (Wildman–Crippen MR) is 76.7 cm³/mol. The molecule has 0 spiro atoms. The minimum atomic E-state index is 0.583. The topological polar surface area (TPSA) is 12.0 Å². The molecule has 1 nitrogen and oxygen atoms in total. The molecule has 1 aliphatic carbocycles. The molecule has 0 saturated heterocycles. The standard InChI is InChI=1S/C15H25NS/c1-12-14(10-11-17-12)15(16-2)13-8-6-4-3-5-7-9-13/h10-11,13,15-16H,3-9H2,1-2H3. The van der Waals surface area contributed by atoms with Crippen molar-refractivity contribution in [3.05, 3.63) is 21.9 Å². The van der Waals surface area contributed by atoms with Crippen LogP contribution >= 0.6 is 11.3 Å². The molecule has 17 heavy (non-hydrogen) atoms. The van der Waals surface area contributed by atoms with E-state index in [1.807, 2.05) is 11.3 Å². The number of aryl methyl sites for hydroxylation is 1. The molecule has 1 atom stereocenters. The van der Waals surface area contributed by atoms with Gasteiger partial charge in [-0.05, 0) is 49.7 Å². The van der Waals surface area contributed by atoms with Gasteiger partial charge < -0.3 is 5.32 Å². The second kappa shape index (κ2) is 6.55. The monoisotopic (exact) mass is 251 g/mol. The van der Waals surface area contributed by atoms with Crippen molar-refractivity contribution >= 4 is 11.3 Å². The van der Waals surface area contributed by atoms with E-state index in [9.17, 15) is 0 Å². The first-order chi connectivity index (χ1) is 8.33. The van der Waals surface area contributed by atoms with Crippen LogP contribution in [0, 0.1) is 12.8 Å². The van der Waals surface area contributed by atoms with Crippen LogP contribution in [0.2, 0.25) is 0 Å². The highest BCUT2D eigenvalue weighted by molar-refractivity contribution is 7.10. The Morgan fingerprint density at radius 3 is 2.35 bits per heavy atom. The summed E-state index contributed by atoms with van der Waals surface area (Å²) in [5, 5.41) is 5.80. The van der Waals surface area contributed by atoms with E-state index in [0.717, 1.165) is 5.92 Å². The Morgan fingerprint density at radius 1 is 1.18 bits per heavy atom. The maximum absolute atomic E-state index is 3.57. The van der Waals surface area contributed by atoms with E-state index in [1.165, 1.54) is 49.8 Å². The second-order valence-corrected chi connectivity index (χ2v) is 6.42. The third-order valence-electron chi connectivity index (χ3n) is 4.17. The van der Waals surface area contributed by atoms with Gasteiger partial charge >= 0.3 is 0 Å². The van der Waals surface area contributed by atoms with Gasteiger partial charge in [0.1, 0.15) is 0 Å². The van der Waals surface area contributed by atoms with Gasteiger partial charge in [-0.3, -0.25) is 0 Å². The number of hydrogen-bond donors (Lipinski definition) is 1. The average molecular weight is 251 g/mol. The largest absolute Gasteiger partial charge is 0.313 e. The van der Waals surface area contributed by atoms with Gasteiger partial charge in [0.2, 0.25) is 0 Å².